The highest BCUT2D eigenvalue weighted by Crippen LogP contribution is 2.42. The first-order valence-electron chi connectivity index (χ1n) is 5.29. The van der Waals surface area contributed by atoms with Gasteiger partial charge in [-0.1, -0.05) is 13.8 Å². The molecule has 0 radical (unpaired) electrons. The fourth-order valence-corrected chi connectivity index (χ4v) is 2.11. The third kappa shape index (κ3) is 2.10. The van der Waals surface area contributed by atoms with Crippen molar-refractivity contribution in [2.75, 3.05) is 13.2 Å². The fourth-order valence-electron chi connectivity index (χ4n) is 2.11. The highest BCUT2D eigenvalue weighted by molar-refractivity contribution is 5.00. The molecule has 0 aromatic carbocycles. The summed E-state index contributed by atoms with van der Waals surface area (Å²) in [6.07, 6.45) is 1.34. The van der Waals surface area contributed by atoms with Gasteiger partial charge in [-0.25, -0.2) is 0 Å². The van der Waals surface area contributed by atoms with Crippen LogP contribution in [0.5, 0.6) is 0 Å². The van der Waals surface area contributed by atoms with E-state index in [2.05, 4.69) is 0 Å². The van der Waals surface area contributed by atoms with Crippen LogP contribution in [-0.4, -0.2) is 29.5 Å². The second-order valence-corrected chi connectivity index (χ2v) is 5.65. The van der Waals surface area contributed by atoms with Gasteiger partial charge >= 0.3 is 0 Å². The van der Waals surface area contributed by atoms with Crippen LogP contribution in [0, 0.1) is 5.41 Å². The molecule has 3 heteroatoms. The lowest BCUT2D eigenvalue weighted by Gasteiger charge is -2.49. The average molecular weight is 201 g/mol. The van der Waals surface area contributed by atoms with Crippen molar-refractivity contribution < 1.29 is 9.84 Å². The Morgan fingerprint density at radius 1 is 1.43 bits per heavy atom. The molecule has 0 saturated carbocycles. The maximum atomic E-state index is 10.6. The van der Waals surface area contributed by atoms with Crippen LogP contribution in [0.15, 0.2) is 0 Å². The standard InChI is InChI=1S/C11H23NO2/c1-9(2,8-12)11(13)5-6-14-10(3,4)7-11/h13H,5-8,12H2,1-4H3. The molecule has 0 amide bonds. The second kappa shape index (κ2) is 3.47. The van der Waals surface area contributed by atoms with Crippen molar-refractivity contribution in [2.45, 2.75) is 51.7 Å². The molecule has 1 aliphatic heterocycles. The summed E-state index contributed by atoms with van der Waals surface area (Å²) >= 11 is 0. The minimum atomic E-state index is -0.691. The van der Waals surface area contributed by atoms with Gasteiger partial charge in [-0.15, -0.1) is 0 Å². The van der Waals surface area contributed by atoms with Gasteiger partial charge in [-0.3, -0.25) is 0 Å². The van der Waals surface area contributed by atoms with E-state index in [9.17, 15) is 5.11 Å². The van der Waals surface area contributed by atoms with E-state index < -0.39 is 5.60 Å². The molecule has 3 nitrogen and oxygen atoms in total. The summed E-state index contributed by atoms with van der Waals surface area (Å²) in [7, 11) is 0. The maximum Gasteiger partial charge on any atom is 0.0759 e. The van der Waals surface area contributed by atoms with Gasteiger partial charge in [0.2, 0.25) is 0 Å². The van der Waals surface area contributed by atoms with E-state index in [-0.39, 0.29) is 11.0 Å². The molecule has 1 atom stereocenters. The minimum absolute atomic E-state index is 0.237. The van der Waals surface area contributed by atoms with E-state index in [1.54, 1.807) is 0 Å². The van der Waals surface area contributed by atoms with Crippen molar-refractivity contribution in [1.29, 1.82) is 0 Å². The van der Waals surface area contributed by atoms with Crippen LogP contribution in [-0.2, 0) is 4.74 Å². The van der Waals surface area contributed by atoms with Crippen LogP contribution in [0.4, 0.5) is 0 Å². The van der Waals surface area contributed by atoms with Gasteiger partial charge < -0.3 is 15.6 Å². The fraction of sp³-hybridized carbons (Fsp3) is 1.00. The first-order valence-corrected chi connectivity index (χ1v) is 5.29. The van der Waals surface area contributed by atoms with Crippen molar-refractivity contribution in [3.8, 4) is 0 Å². The monoisotopic (exact) mass is 201 g/mol. The van der Waals surface area contributed by atoms with Crippen LogP contribution < -0.4 is 5.73 Å². The zero-order chi connectivity index (χ0) is 11.0. The number of aliphatic hydroxyl groups is 1. The van der Waals surface area contributed by atoms with E-state index >= 15 is 0 Å². The molecule has 14 heavy (non-hydrogen) atoms. The first kappa shape index (κ1) is 12.0. The summed E-state index contributed by atoms with van der Waals surface area (Å²) in [5.74, 6) is 0. The predicted molar refractivity (Wildman–Crippen MR) is 57.1 cm³/mol. The van der Waals surface area contributed by atoms with Gasteiger partial charge in [0.05, 0.1) is 17.8 Å². The van der Waals surface area contributed by atoms with Crippen LogP contribution in [0.1, 0.15) is 40.5 Å². The molecule has 1 fully saturated rings. The molecular formula is C11H23NO2. The van der Waals surface area contributed by atoms with E-state index in [4.69, 9.17) is 10.5 Å². The van der Waals surface area contributed by atoms with Gasteiger partial charge in [0, 0.05) is 24.8 Å². The Balaban J connectivity index is 2.84. The van der Waals surface area contributed by atoms with Crippen LogP contribution in [0.3, 0.4) is 0 Å². The molecule has 0 aliphatic carbocycles. The van der Waals surface area contributed by atoms with Crippen molar-refractivity contribution in [2.24, 2.45) is 11.1 Å². The predicted octanol–water partition coefficient (Wildman–Crippen LogP) is 1.29. The smallest absolute Gasteiger partial charge is 0.0759 e. The first-order chi connectivity index (χ1) is 6.22. The Labute approximate surface area is 86.6 Å². The molecule has 1 rings (SSSR count). The Morgan fingerprint density at radius 3 is 2.43 bits per heavy atom. The molecule has 1 unspecified atom stereocenters. The van der Waals surface area contributed by atoms with Gasteiger partial charge in [0.1, 0.15) is 0 Å². The molecule has 1 heterocycles. The summed E-state index contributed by atoms with van der Waals surface area (Å²) in [6.45, 7) is 9.20. The zero-order valence-corrected chi connectivity index (χ0v) is 9.76. The van der Waals surface area contributed by atoms with Gasteiger partial charge in [0.15, 0.2) is 0 Å². The lowest BCUT2D eigenvalue weighted by molar-refractivity contribution is -0.185. The lowest BCUT2D eigenvalue weighted by Crippen LogP contribution is -2.56. The van der Waals surface area contributed by atoms with Crippen LogP contribution in [0.2, 0.25) is 0 Å². The Morgan fingerprint density at radius 2 is 2.00 bits per heavy atom. The largest absolute Gasteiger partial charge is 0.389 e. The number of rotatable bonds is 2. The summed E-state index contributed by atoms with van der Waals surface area (Å²) in [6, 6.07) is 0. The zero-order valence-electron chi connectivity index (χ0n) is 9.76. The topological polar surface area (TPSA) is 55.5 Å². The summed E-state index contributed by atoms with van der Waals surface area (Å²) < 4.78 is 5.60. The van der Waals surface area contributed by atoms with E-state index in [1.807, 2.05) is 27.7 Å². The van der Waals surface area contributed by atoms with Crippen LogP contribution >= 0.6 is 0 Å². The number of nitrogens with two attached hydrogens (primary N) is 1. The molecule has 1 aliphatic rings. The molecule has 0 aromatic rings. The highest BCUT2D eigenvalue weighted by Gasteiger charge is 2.48. The Hall–Kier alpha value is -0.120. The molecule has 0 spiro atoms. The van der Waals surface area contributed by atoms with E-state index in [1.165, 1.54) is 0 Å². The Kier molecular flexibility index (Phi) is 2.96. The molecule has 84 valence electrons. The quantitative estimate of drug-likeness (QED) is 0.708. The molecule has 0 bridgehead atoms. The summed E-state index contributed by atoms with van der Waals surface area (Å²) in [5.41, 5.74) is 4.54. The highest BCUT2D eigenvalue weighted by atomic mass is 16.5. The second-order valence-electron chi connectivity index (χ2n) is 5.65. The lowest BCUT2D eigenvalue weighted by atomic mass is 9.67. The SMILES string of the molecule is CC1(C)CC(O)(C(C)(C)CN)CCO1. The number of hydrogen-bond donors (Lipinski definition) is 2. The third-order valence-corrected chi connectivity index (χ3v) is 3.50. The third-order valence-electron chi connectivity index (χ3n) is 3.50. The molecule has 3 N–H and O–H groups in total. The van der Waals surface area contributed by atoms with Crippen LogP contribution in [0.25, 0.3) is 0 Å². The van der Waals surface area contributed by atoms with Gasteiger partial charge in [-0.2, -0.15) is 0 Å². The van der Waals surface area contributed by atoms with E-state index in [0.717, 1.165) is 0 Å². The molecule has 0 aromatic heterocycles. The van der Waals surface area contributed by atoms with Crippen molar-refractivity contribution in [3.63, 3.8) is 0 Å². The molecular weight excluding hydrogens is 178 g/mol. The van der Waals surface area contributed by atoms with Crippen molar-refractivity contribution in [3.05, 3.63) is 0 Å². The average Bonchev–Trinajstić information content (AvgIpc) is 2.01. The maximum absolute atomic E-state index is 10.6. The number of ether oxygens (including phenoxy) is 1. The molecule has 1 saturated heterocycles. The van der Waals surface area contributed by atoms with Crippen molar-refractivity contribution in [1.82, 2.24) is 0 Å². The Bertz CT molecular complexity index is 213. The number of hydrogen-bond acceptors (Lipinski definition) is 3. The normalized spacial score (nSPS) is 33.0. The summed E-state index contributed by atoms with van der Waals surface area (Å²) in [4.78, 5) is 0. The van der Waals surface area contributed by atoms with E-state index in [0.29, 0.717) is 26.0 Å². The van der Waals surface area contributed by atoms with Gasteiger partial charge in [0.25, 0.3) is 0 Å². The summed E-state index contributed by atoms with van der Waals surface area (Å²) in [5, 5.41) is 10.6. The van der Waals surface area contributed by atoms with Crippen molar-refractivity contribution >= 4 is 0 Å². The minimum Gasteiger partial charge on any atom is -0.389 e. The van der Waals surface area contributed by atoms with Gasteiger partial charge in [-0.05, 0) is 13.8 Å².